The van der Waals surface area contributed by atoms with Gasteiger partial charge in [0.25, 0.3) is 0 Å². The first kappa shape index (κ1) is 26.2. The standard InChI is InChI=1S/C29H30ClNO4/c1-5-25(6-2)31(3)17-24-15-26(12-10-23(24)18-32)35-19-20-8-7-9-21(14-20)22-11-13-28(30)27(16-22)29(33)34-4/h5,7-16,18,25H,1,6,17,19H2,2-4H3. The average Bonchev–Trinajstić information content (AvgIpc) is 2.88. The largest absolute Gasteiger partial charge is 0.489 e. The number of carbonyl (C=O) groups excluding carboxylic acids is 2. The molecule has 0 heterocycles. The molecule has 0 saturated carbocycles. The zero-order chi connectivity index (χ0) is 25.4. The van der Waals surface area contributed by atoms with Gasteiger partial charge < -0.3 is 9.47 Å². The van der Waals surface area contributed by atoms with E-state index in [1.807, 2.05) is 55.6 Å². The molecular weight excluding hydrogens is 462 g/mol. The lowest BCUT2D eigenvalue weighted by Crippen LogP contribution is -2.29. The predicted octanol–water partition coefficient (Wildman–Crippen LogP) is 6.58. The van der Waals surface area contributed by atoms with Crippen LogP contribution < -0.4 is 4.74 Å². The molecule has 1 atom stereocenters. The summed E-state index contributed by atoms with van der Waals surface area (Å²) in [7, 11) is 3.35. The molecule has 0 aromatic heterocycles. The minimum absolute atomic E-state index is 0.231. The second-order valence-electron chi connectivity index (χ2n) is 8.28. The lowest BCUT2D eigenvalue weighted by molar-refractivity contribution is 0.0601. The summed E-state index contributed by atoms with van der Waals surface area (Å²) in [6.07, 6.45) is 3.74. The summed E-state index contributed by atoms with van der Waals surface area (Å²) < 4.78 is 10.9. The van der Waals surface area contributed by atoms with E-state index in [0.717, 1.165) is 35.0 Å². The van der Waals surface area contributed by atoms with Crippen molar-refractivity contribution in [2.24, 2.45) is 0 Å². The van der Waals surface area contributed by atoms with Crippen molar-refractivity contribution in [3.63, 3.8) is 0 Å². The monoisotopic (exact) mass is 491 g/mol. The van der Waals surface area contributed by atoms with Crippen LogP contribution in [0.25, 0.3) is 11.1 Å². The molecule has 35 heavy (non-hydrogen) atoms. The van der Waals surface area contributed by atoms with Crippen LogP contribution in [0, 0.1) is 0 Å². The summed E-state index contributed by atoms with van der Waals surface area (Å²) in [5.74, 6) is 0.213. The van der Waals surface area contributed by atoms with Gasteiger partial charge >= 0.3 is 5.97 Å². The molecule has 0 spiro atoms. The van der Waals surface area contributed by atoms with E-state index >= 15 is 0 Å². The first-order valence-corrected chi connectivity index (χ1v) is 11.8. The van der Waals surface area contributed by atoms with E-state index in [1.54, 1.807) is 18.2 Å². The number of esters is 1. The Kier molecular flexibility index (Phi) is 9.24. The predicted molar refractivity (Wildman–Crippen MR) is 140 cm³/mol. The number of benzene rings is 3. The third kappa shape index (κ3) is 6.59. The molecule has 182 valence electrons. The Labute approximate surface area is 211 Å². The number of halogens is 1. The van der Waals surface area contributed by atoms with Gasteiger partial charge in [-0.15, -0.1) is 6.58 Å². The van der Waals surface area contributed by atoms with Crippen LogP contribution in [0.3, 0.4) is 0 Å². The van der Waals surface area contributed by atoms with Gasteiger partial charge in [-0.2, -0.15) is 0 Å². The number of ether oxygens (including phenoxy) is 2. The maximum Gasteiger partial charge on any atom is 0.339 e. The van der Waals surface area contributed by atoms with E-state index in [1.165, 1.54) is 7.11 Å². The molecule has 0 bridgehead atoms. The topological polar surface area (TPSA) is 55.8 Å². The van der Waals surface area contributed by atoms with Crippen molar-refractivity contribution in [1.29, 1.82) is 0 Å². The van der Waals surface area contributed by atoms with Crippen LogP contribution in [0.5, 0.6) is 5.75 Å². The van der Waals surface area contributed by atoms with Gasteiger partial charge in [0.15, 0.2) is 0 Å². The normalized spacial score (nSPS) is 11.7. The third-order valence-corrected chi connectivity index (χ3v) is 6.28. The number of hydrogen-bond donors (Lipinski definition) is 0. The van der Waals surface area contributed by atoms with E-state index in [2.05, 4.69) is 18.4 Å². The lowest BCUT2D eigenvalue weighted by atomic mass is 10.0. The molecule has 0 aliphatic heterocycles. The fraction of sp³-hybridized carbons (Fsp3) is 0.241. The minimum Gasteiger partial charge on any atom is -0.489 e. The highest BCUT2D eigenvalue weighted by atomic mass is 35.5. The van der Waals surface area contributed by atoms with Crippen molar-refractivity contribution in [2.75, 3.05) is 14.2 Å². The molecule has 0 saturated heterocycles. The van der Waals surface area contributed by atoms with Crippen LogP contribution >= 0.6 is 11.6 Å². The molecule has 0 amide bonds. The van der Waals surface area contributed by atoms with Crippen LogP contribution in [0.1, 0.15) is 45.2 Å². The van der Waals surface area contributed by atoms with E-state index in [-0.39, 0.29) is 6.04 Å². The highest BCUT2D eigenvalue weighted by Gasteiger charge is 2.14. The highest BCUT2D eigenvalue weighted by Crippen LogP contribution is 2.27. The number of hydrogen-bond acceptors (Lipinski definition) is 5. The Morgan fingerprint density at radius 3 is 2.57 bits per heavy atom. The van der Waals surface area contributed by atoms with Crippen LogP contribution in [-0.4, -0.2) is 37.4 Å². The summed E-state index contributed by atoms with van der Waals surface area (Å²) >= 11 is 6.16. The van der Waals surface area contributed by atoms with Gasteiger partial charge in [-0.1, -0.05) is 48.9 Å². The average molecular weight is 492 g/mol. The van der Waals surface area contributed by atoms with Crippen molar-refractivity contribution in [1.82, 2.24) is 4.90 Å². The Morgan fingerprint density at radius 1 is 1.11 bits per heavy atom. The first-order chi connectivity index (χ1) is 16.9. The van der Waals surface area contributed by atoms with E-state index in [4.69, 9.17) is 21.1 Å². The van der Waals surface area contributed by atoms with Gasteiger partial charge in [-0.05, 0) is 72.1 Å². The zero-order valence-electron chi connectivity index (χ0n) is 20.3. The van der Waals surface area contributed by atoms with Crippen LogP contribution in [0.4, 0.5) is 0 Å². The minimum atomic E-state index is -0.477. The molecule has 1 unspecified atom stereocenters. The van der Waals surface area contributed by atoms with Gasteiger partial charge in [-0.3, -0.25) is 9.69 Å². The summed E-state index contributed by atoms with van der Waals surface area (Å²) in [6.45, 7) is 6.98. The summed E-state index contributed by atoms with van der Waals surface area (Å²) in [5.41, 5.74) is 4.63. The molecular formula is C29H30ClNO4. The zero-order valence-corrected chi connectivity index (χ0v) is 21.0. The summed E-state index contributed by atoms with van der Waals surface area (Å²) in [4.78, 5) is 25.7. The van der Waals surface area contributed by atoms with Crippen molar-refractivity contribution in [2.45, 2.75) is 32.5 Å². The van der Waals surface area contributed by atoms with Gasteiger partial charge in [0.2, 0.25) is 0 Å². The summed E-state index contributed by atoms with van der Waals surface area (Å²) in [6, 6.07) is 18.9. The van der Waals surface area contributed by atoms with Crippen LogP contribution in [0.2, 0.25) is 5.02 Å². The van der Waals surface area contributed by atoms with Gasteiger partial charge in [0.1, 0.15) is 18.6 Å². The lowest BCUT2D eigenvalue weighted by Gasteiger charge is -2.25. The van der Waals surface area contributed by atoms with E-state index < -0.39 is 5.97 Å². The first-order valence-electron chi connectivity index (χ1n) is 11.4. The molecule has 0 aliphatic rings. The van der Waals surface area contributed by atoms with Gasteiger partial charge in [0.05, 0.1) is 17.7 Å². The number of aldehydes is 1. The van der Waals surface area contributed by atoms with Crippen molar-refractivity contribution in [3.05, 3.63) is 101 Å². The number of nitrogens with zero attached hydrogens (tertiary/aromatic N) is 1. The molecule has 0 fully saturated rings. The number of methoxy groups -OCH3 is 1. The molecule has 0 aliphatic carbocycles. The van der Waals surface area contributed by atoms with Crippen molar-refractivity contribution >= 4 is 23.9 Å². The van der Waals surface area contributed by atoms with Crippen molar-refractivity contribution in [3.8, 4) is 16.9 Å². The quantitative estimate of drug-likeness (QED) is 0.172. The van der Waals surface area contributed by atoms with Gasteiger partial charge in [0, 0.05) is 18.2 Å². The smallest absolute Gasteiger partial charge is 0.339 e. The molecule has 3 aromatic rings. The Hall–Kier alpha value is -3.41. The van der Waals surface area contributed by atoms with Crippen LogP contribution in [-0.2, 0) is 17.9 Å². The molecule has 5 nitrogen and oxygen atoms in total. The fourth-order valence-corrected chi connectivity index (χ4v) is 4.14. The summed E-state index contributed by atoms with van der Waals surface area (Å²) in [5, 5.41) is 0.346. The Bertz CT molecular complexity index is 1210. The van der Waals surface area contributed by atoms with Crippen molar-refractivity contribution < 1.29 is 19.1 Å². The molecule has 6 heteroatoms. The highest BCUT2D eigenvalue weighted by molar-refractivity contribution is 6.33. The number of rotatable bonds is 11. The fourth-order valence-electron chi connectivity index (χ4n) is 3.95. The number of likely N-dealkylation sites (N-methyl/N-ethyl adjacent to an activating group) is 1. The van der Waals surface area contributed by atoms with Crippen LogP contribution in [0.15, 0.2) is 73.3 Å². The van der Waals surface area contributed by atoms with Gasteiger partial charge in [-0.25, -0.2) is 4.79 Å². The third-order valence-electron chi connectivity index (χ3n) is 5.96. The molecule has 0 radical (unpaired) electrons. The maximum atomic E-state index is 12.0. The van der Waals surface area contributed by atoms with E-state index in [9.17, 15) is 9.59 Å². The maximum absolute atomic E-state index is 12.0. The second kappa shape index (κ2) is 12.3. The molecule has 3 rings (SSSR count). The second-order valence-corrected chi connectivity index (χ2v) is 8.69. The molecule has 3 aromatic carbocycles. The molecule has 0 N–H and O–H groups in total. The SMILES string of the molecule is C=CC(CC)N(C)Cc1cc(OCc2cccc(-c3ccc(Cl)c(C(=O)OC)c3)c2)ccc1C=O. The number of carbonyl (C=O) groups is 2. The Morgan fingerprint density at radius 2 is 1.89 bits per heavy atom. The van der Waals surface area contributed by atoms with E-state index in [0.29, 0.717) is 35.1 Å². The Balaban J connectivity index is 1.77.